The van der Waals surface area contributed by atoms with Crippen LogP contribution in [0.4, 0.5) is 4.39 Å². The van der Waals surface area contributed by atoms with Crippen LogP contribution in [0.3, 0.4) is 0 Å². The first kappa shape index (κ1) is 8.82. The van der Waals surface area contributed by atoms with Crippen molar-refractivity contribution >= 4 is 17.2 Å². The molecule has 0 unspecified atom stereocenters. The standard InChI is InChI=1S/C6H12FNS/c1-5(9)8-4-6(2,3)7/h4H2,1-3H3,(H,8,9). The van der Waals surface area contributed by atoms with Crippen LogP contribution < -0.4 is 5.32 Å². The van der Waals surface area contributed by atoms with E-state index in [1.165, 1.54) is 13.8 Å². The Labute approximate surface area is 60.6 Å². The molecule has 0 radical (unpaired) electrons. The summed E-state index contributed by atoms with van der Waals surface area (Å²) in [5.74, 6) is 0. The minimum Gasteiger partial charge on any atom is -0.377 e. The molecule has 1 N–H and O–H groups in total. The molecule has 0 aromatic rings. The smallest absolute Gasteiger partial charge is 0.122 e. The van der Waals surface area contributed by atoms with Crippen LogP contribution in [0, 0.1) is 0 Å². The second-order valence-electron chi connectivity index (χ2n) is 2.63. The maximum absolute atomic E-state index is 12.6. The molecule has 0 saturated heterocycles. The van der Waals surface area contributed by atoms with E-state index in [4.69, 9.17) is 0 Å². The maximum Gasteiger partial charge on any atom is 0.122 e. The van der Waals surface area contributed by atoms with E-state index in [0.29, 0.717) is 11.5 Å². The molecule has 0 amide bonds. The highest BCUT2D eigenvalue weighted by Crippen LogP contribution is 2.04. The molecule has 54 valence electrons. The first-order chi connectivity index (χ1) is 3.92. The first-order valence-electron chi connectivity index (χ1n) is 2.85. The molecular formula is C6H12FNS. The fourth-order valence-electron chi connectivity index (χ4n) is 0.335. The molecule has 0 aliphatic heterocycles. The highest BCUT2D eigenvalue weighted by atomic mass is 32.1. The van der Waals surface area contributed by atoms with E-state index in [1.807, 2.05) is 0 Å². The van der Waals surface area contributed by atoms with Gasteiger partial charge in [0.25, 0.3) is 0 Å². The number of rotatable bonds is 2. The van der Waals surface area contributed by atoms with Crippen molar-refractivity contribution in [1.29, 1.82) is 0 Å². The van der Waals surface area contributed by atoms with E-state index in [1.54, 1.807) is 6.92 Å². The highest BCUT2D eigenvalue weighted by Gasteiger charge is 2.13. The van der Waals surface area contributed by atoms with Gasteiger partial charge in [0.15, 0.2) is 0 Å². The van der Waals surface area contributed by atoms with Crippen molar-refractivity contribution in [2.45, 2.75) is 26.4 Å². The van der Waals surface area contributed by atoms with Gasteiger partial charge in [-0.15, -0.1) is 0 Å². The molecule has 0 bridgehead atoms. The Morgan fingerprint density at radius 1 is 1.67 bits per heavy atom. The minimum atomic E-state index is -1.17. The molecule has 0 spiro atoms. The lowest BCUT2D eigenvalue weighted by Crippen LogP contribution is -2.32. The van der Waals surface area contributed by atoms with Crippen LogP contribution in [-0.2, 0) is 0 Å². The molecule has 0 aliphatic rings. The zero-order valence-corrected chi connectivity index (χ0v) is 6.81. The van der Waals surface area contributed by atoms with Crippen LogP contribution in [0.25, 0.3) is 0 Å². The first-order valence-corrected chi connectivity index (χ1v) is 3.26. The lowest BCUT2D eigenvalue weighted by molar-refractivity contribution is 0.220. The van der Waals surface area contributed by atoms with Crippen LogP contribution >= 0.6 is 12.2 Å². The lowest BCUT2D eigenvalue weighted by atomic mass is 10.2. The summed E-state index contributed by atoms with van der Waals surface area (Å²) >= 11 is 4.69. The van der Waals surface area contributed by atoms with E-state index in [2.05, 4.69) is 17.5 Å². The Hall–Kier alpha value is -0.180. The van der Waals surface area contributed by atoms with E-state index in [9.17, 15) is 4.39 Å². The summed E-state index contributed by atoms with van der Waals surface area (Å²) in [5, 5.41) is 2.74. The summed E-state index contributed by atoms with van der Waals surface area (Å²) in [6.45, 7) is 5.06. The third kappa shape index (κ3) is 7.82. The normalized spacial score (nSPS) is 11.1. The van der Waals surface area contributed by atoms with Crippen molar-refractivity contribution in [3.63, 3.8) is 0 Å². The van der Waals surface area contributed by atoms with Crippen molar-refractivity contribution in [3.05, 3.63) is 0 Å². The lowest BCUT2D eigenvalue weighted by Gasteiger charge is -2.14. The van der Waals surface area contributed by atoms with Crippen molar-refractivity contribution in [2.24, 2.45) is 0 Å². The van der Waals surface area contributed by atoms with Gasteiger partial charge >= 0.3 is 0 Å². The molecule has 9 heavy (non-hydrogen) atoms. The maximum atomic E-state index is 12.6. The van der Waals surface area contributed by atoms with Crippen molar-refractivity contribution in [2.75, 3.05) is 6.54 Å². The zero-order valence-electron chi connectivity index (χ0n) is 5.99. The van der Waals surface area contributed by atoms with Gasteiger partial charge in [-0.3, -0.25) is 0 Å². The number of hydrogen-bond donors (Lipinski definition) is 1. The zero-order chi connectivity index (χ0) is 7.49. The molecule has 0 aliphatic carbocycles. The third-order valence-corrected chi connectivity index (χ3v) is 0.902. The Balaban J connectivity index is 3.39. The van der Waals surface area contributed by atoms with Gasteiger partial charge in [0, 0.05) is 6.54 Å². The second kappa shape index (κ2) is 3.11. The summed E-state index contributed by atoms with van der Waals surface area (Å²) < 4.78 is 12.6. The van der Waals surface area contributed by atoms with E-state index < -0.39 is 5.67 Å². The Morgan fingerprint density at radius 2 is 2.11 bits per heavy atom. The summed E-state index contributed by atoms with van der Waals surface area (Å²) in [6.07, 6.45) is 0. The van der Waals surface area contributed by atoms with Crippen LogP contribution in [0.5, 0.6) is 0 Å². The molecule has 3 heteroatoms. The van der Waals surface area contributed by atoms with Crippen molar-refractivity contribution in [3.8, 4) is 0 Å². The molecule has 0 aromatic carbocycles. The molecule has 1 nitrogen and oxygen atoms in total. The van der Waals surface area contributed by atoms with Gasteiger partial charge in [-0.05, 0) is 20.8 Å². The number of hydrogen-bond acceptors (Lipinski definition) is 1. The number of nitrogens with one attached hydrogen (secondary N) is 1. The van der Waals surface area contributed by atoms with Gasteiger partial charge in [-0.1, -0.05) is 12.2 Å². The Morgan fingerprint density at radius 3 is 2.22 bits per heavy atom. The van der Waals surface area contributed by atoms with Gasteiger partial charge in [-0.25, -0.2) is 4.39 Å². The monoisotopic (exact) mass is 149 g/mol. The summed E-state index contributed by atoms with van der Waals surface area (Å²) in [5.41, 5.74) is -1.17. The van der Waals surface area contributed by atoms with Gasteiger partial charge in [0.05, 0.1) is 4.99 Å². The molecule has 0 aromatic heterocycles. The Kier molecular flexibility index (Phi) is 3.04. The number of thiocarbonyl (C=S) groups is 1. The van der Waals surface area contributed by atoms with Crippen LogP contribution in [0.2, 0.25) is 0 Å². The summed E-state index contributed by atoms with van der Waals surface area (Å²) in [7, 11) is 0. The predicted molar refractivity (Wildman–Crippen MR) is 41.5 cm³/mol. The Bertz CT molecular complexity index is 106. The molecular weight excluding hydrogens is 137 g/mol. The quantitative estimate of drug-likeness (QED) is 0.599. The molecule has 0 heterocycles. The van der Waals surface area contributed by atoms with Crippen molar-refractivity contribution in [1.82, 2.24) is 5.32 Å². The second-order valence-corrected chi connectivity index (χ2v) is 3.24. The summed E-state index contributed by atoms with van der Waals surface area (Å²) in [4.78, 5) is 0.640. The van der Waals surface area contributed by atoms with Crippen LogP contribution in [-0.4, -0.2) is 17.2 Å². The summed E-state index contributed by atoms with van der Waals surface area (Å²) in [6, 6.07) is 0. The van der Waals surface area contributed by atoms with E-state index in [-0.39, 0.29) is 0 Å². The van der Waals surface area contributed by atoms with Crippen LogP contribution in [0.1, 0.15) is 20.8 Å². The molecule has 0 fully saturated rings. The van der Waals surface area contributed by atoms with Gasteiger partial charge in [0.1, 0.15) is 5.67 Å². The van der Waals surface area contributed by atoms with E-state index in [0.717, 1.165) is 0 Å². The molecule has 0 atom stereocenters. The molecule has 0 saturated carbocycles. The predicted octanol–water partition coefficient (Wildman–Crippen LogP) is 1.67. The fourth-order valence-corrected chi connectivity index (χ4v) is 0.407. The average molecular weight is 149 g/mol. The largest absolute Gasteiger partial charge is 0.377 e. The highest BCUT2D eigenvalue weighted by molar-refractivity contribution is 7.80. The fraction of sp³-hybridized carbons (Fsp3) is 0.833. The number of halogens is 1. The molecule has 0 rings (SSSR count). The average Bonchev–Trinajstić information content (AvgIpc) is 1.59. The minimum absolute atomic E-state index is 0.294. The topological polar surface area (TPSA) is 12.0 Å². The van der Waals surface area contributed by atoms with Gasteiger partial charge in [-0.2, -0.15) is 0 Å². The third-order valence-electron chi connectivity index (χ3n) is 0.758. The van der Waals surface area contributed by atoms with Crippen LogP contribution in [0.15, 0.2) is 0 Å². The van der Waals surface area contributed by atoms with Gasteiger partial charge < -0.3 is 5.32 Å². The SMILES string of the molecule is CC(=S)NCC(C)(C)F. The van der Waals surface area contributed by atoms with E-state index >= 15 is 0 Å². The van der Waals surface area contributed by atoms with Gasteiger partial charge in [0.2, 0.25) is 0 Å². The van der Waals surface area contributed by atoms with Crippen molar-refractivity contribution < 1.29 is 4.39 Å². The number of alkyl halides is 1.